The van der Waals surface area contributed by atoms with Gasteiger partial charge in [0.15, 0.2) is 0 Å². The second kappa shape index (κ2) is 3.86. The van der Waals surface area contributed by atoms with E-state index in [9.17, 15) is 0 Å². The molecule has 0 saturated carbocycles. The van der Waals surface area contributed by atoms with E-state index in [1.165, 1.54) is 32.0 Å². The van der Waals surface area contributed by atoms with Gasteiger partial charge in [0.25, 0.3) is 0 Å². The number of hydrogen-bond donors (Lipinski definition) is 0. The fourth-order valence-electron chi connectivity index (χ4n) is 2.31. The first kappa shape index (κ1) is 10.3. The van der Waals surface area contributed by atoms with E-state index in [0.717, 1.165) is 0 Å². The molecular formula is C16H12S. The Bertz CT molecular complexity index is 726. The lowest BCUT2D eigenvalue weighted by atomic mass is 9.97. The SMILES string of the molecule is C=Cc1cc2sccc2c2c(C=C)cccc12. The van der Waals surface area contributed by atoms with Crippen molar-refractivity contribution in [3.05, 3.63) is 60.0 Å². The number of rotatable bonds is 2. The molecule has 0 amide bonds. The molecule has 0 nitrogen and oxygen atoms in total. The lowest BCUT2D eigenvalue weighted by Gasteiger charge is -2.07. The van der Waals surface area contributed by atoms with Gasteiger partial charge in [-0.15, -0.1) is 11.3 Å². The van der Waals surface area contributed by atoms with E-state index < -0.39 is 0 Å². The summed E-state index contributed by atoms with van der Waals surface area (Å²) in [5.74, 6) is 0. The van der Waals surface area contributed by atoms with Gasteiger partial charge in [0, 0.05) is 10.1 Å². The van der Waals surface area contributed by atoms with E-state index in [-0.39, 0.29) is 0 Å². The molecule has 0 fully saturated rings. The van der Waals surface area contributed by atoms with E-state index >= 15 is 0 Å². The zero-order valence-corrected chi connectivity index (χ0v) is 10.3. The van der Waals surface area contributed by atoms with Gasteiger partial charge in [-0.05, 0) is 39.4 Å². The third kappa shape index (κ3) is 1.43. The highest BCUT2D eigenvalue weighted by molar-refractivity contribution is 7.17. The van der Waals surface area contributed by atoms with E-state index in [2.05, 4.69) is 48.9 Å². The van der Waals surface area contributed by atoms with Crippen LogP contribution < -0.4 is 0 Å². The van der Waals surface area contributed by atoms with Crippen molar-refractivity contribution >= 4 is 44.3 Å². The number of benzene rings is 2. The molecule has 17 heavy (non-hydrogen) atoms. The second-order valence-electron chi connectivity index (χ2n) is 3.98. The fourth-order valence-corrected chi connectivity index (χ4v) is 3.15. The summed E-state index contributed by atoms with van der Waals surface area (Å²) in [5.41, 5.74) is 2.38. The highest BCUT2D eigenvalue weighted by Crippen LogP contribution is 2.34. The van der Waals surface area contributed by atoms with E-state index in [1.54, 1.807) is 11.3 Å². The van der Waals surface area contributed by atoms with Crippen LogP contribution in [0.1, 0.15) is 11.1 Å². The molecular weight excluding hydrogens is 224 g/mol. The lowest BCUT2D eigenvalue weighted by molar-refractivity contribution is 1.75. The maximum absolute atomic E-state index is 3.91. The van der Waals surface area contributed by atoms with Crippen LogP contribution in [0, 0.1) is 0 Å². The molecule has 3 rings (SSSR count). The highest BCUT2D eigenvalue weighted by atomic mass is 32.1. The van der Waals surface area contributed by atoms with Crippen molar-refractivity contribution in [3.8, 4) is 0 Å². The van der Waals surface area contributed by atoms with Crippen molar-refractivity contribution < 1.29 is 0 Å². The summed E-state index contributed by atoms with van der Waals surface area (Å²) < 4.78 is 1.31. The van der Waals surface area contributed by atoms with Gasteiger partial charge in [-0.2, -0.15) is 0 Å². The predicted octanol–water partition coefficient (Wildman–Crippen LogP) is 5.34. The Morgan fingerprint density at radius 2 is 1.76 bits per heavy atom. The van der Waals surface area contributed by atoms with Crippen LogP contribution in [0.25, 0.3) is 33.0 Å². The van der Waals surface area contributed by atoms with Gasteiger partial charge in [-0.3, -0.25) is 0 Å². The molecule has 0 radical (unpaired) electrons. The second-order valence-corrected chi connectivity index (χ2v) is 4.92. The van der Waals surface area contributed by atoms with Gasteiger partial charge in [-0.25, -0.2) is 0 Å². The van der Waals surface area contributed by atoms with Crippen LogP contribution in [0.4, 0.5) is 0 Å². The minimum absolute atomic E-state index is 1.19. The summed E-state index contributed by atoms with van der Waals surface area (Å²) >= 11 is 1.77. The molecule has 1 heterocycles. The van der Waals surface area contributed by atoms with E-state index in [1.807, 2.05) is 12.2 Å². The van der Waals surface area contributed by atoms with Crippen molar-refractivity contribution in [1.29, 1.82) is 0 Å². The number of thiophene rings is 1. The van der Waals surface area contributed by atoms with Gasteiger partial charge in [0.2, 0.25) is 0 Å². The van der Waals surface area contributed by atoms with Crippen molar-refractivity contribution in [2.75, 3.05) is 0 Å². The molecule has 0 aliphatic carbocycles. The molecule has 0 saturated heterocycles. The molecule has 0 unspecified atom stereocenters. The largest absolute Gasteiger partial charge is 0.144 e. The Labute approximate surface area is 105 Å². The van der Waals surface area contributed by atoms with Crippen LogP contribution in [0.5, 0.6) is 0 Å². The maximum Gasteiger partial charge on any atom is 0.0355 e. The Hall–Kier alpha value is -1.86. The van der Waals surface area contributed by atoms with Gasteiger partial charge in [-0.1, -0.05) is 43.5 Å². The van der Waals surface area contributed by atoms with Crippen LogP contribution in [0.15, 0.2) is 48.9 Å². The Balaban J connectivity index is 2.66. The first-order valence-electron chi connectivity index (χ1n) is 5.53. The molecule has 1 aromatic heterocycles. The van der Waals surface area contributed by atoms with Gasteiger partial charge in [0.1, 0.15) is 0 Å². The summed E-state index contributed by atoms with van der Waals surface area (Å²) in [4.78, 5) is 0. The van der Waals surface area contributed by atoms with E-state index in [0.29, 0.717) is 0 Å². The standard InChI is InChI=1S/C16H12S/c1-3-11-6-5-7-13-12(4-2)10-15-14(16(11)13)8-9-17-15/h3-10H,1-2H2. The smallest absolute Gasteiger partial charge is 0.0355 e. The van der Waals surface area contributed by atoms with Crippen molar-refractivity contribution in [1.82, 2.24) is 0 Å². The van der Waals surface area contributed by atoms with Crippen LogP contribution in [-0.4, -0.2) is 0 Å². The summed E-state index contributed by atoms with van der Waals surface area (Å²) in [6, 6.07) is 10.7. The molecule has 3 aromatic rings. The topological polar surface area (TPSA) is 0 Å². The zero-order chi connectivity index (χ0) is 11.8. The molecule has 2 aromatic carbocycles. The van der Waals surface area contributed by atoms with Gasteiger partial charge in [0.05, 0.1) is 0 Å². The predicted molar refractivity (Wildman–Crippen MR) is 79.5 cm³/mol. The minimum atomic E-state index is 1.19. The van der Waals surface area contributed by atoms with Crippen LogP contribution in [0.2, 0.25) is 0 Å². The third-order valence-electron chi connectivity index (χ3n) is 3.10. The lowest BCUT2D eigenvalue weighted by Crippen LogP contribution is -1.83. The van der Waals surface area contributed by atoms with Crippen LogP contribution >= 0.6 is 11.3 Å². The molecule has 0 aliphatic heterocycles. The Morgan fingerprint density at radius 1 is 0.941 bits per heavy atom. The zero-order valence-electron chi connectivity index (χ0n) is 9.44. The summed E-state index contributed by atoms with van der Waals surface area (Å²) in [6.07, 6.45) is 3.85. The van der Waals surface area contributed by atoms with Crippen LogP contribution in [-0.2, 0) is 0 Å². The molecule has 1 heteroatoms. The number of fused-ring (bicyclic) bond motifs is 3. The van der Waals surface area contributed by atoms with Crippen LogP contribution in [0.3, 0.4) is 0 Å². The molecule has 82 valence electrons. The summed E-state index contributed by atoms with van der Waals surface area (Å²) in [7, 11) is 0. The summed E-state index contributed by atoms with van der Waals surface area (Å²) in [5, 5.41) is 5.99. The molecule has 0 aliphatic rings. The van der Waals surface area contributed by atoms with Crippen molar-refractivity contribution in [2.24, 2.45) is 0 Å². The highest BCUT2D eigenvalue weighted by Gasteiger charge is 2.07. The molecule has 0 bridgehead atoms. The monoisotopic (exact) mass is 236 g/mol. The van der Waals surface area contributed by atoms with Gasteiger partial charge >= 0.3 is 0 Å². The first-order chi connectivity index (χ1) is 8.35. The average molecular weight is 236 g/mol. The summed E-state index contributed by atoms with van der Waals surface area (Å²) in [6.45, 7) is 7.81. The molecule has 0 N–H and O–H groups in total. The van der Waals surface area contributed by atoms with Crippen molar-refractivity contribution in [3.63, 3.8) is 0 Å². The Morgan fingerprint density at radius 3 is 2.53 bits per heavy atom. The normalized spacial score (nSPS) is 10.8. The van der Waals surface area contributed by atoms with E-state index in [4.69, 9.17) is 0 Å². The number of hydrogen-bond acceptors (Lipinski definition) is 1. The average Bonchev–Trinajstić information content (AvgIpc) is 2.84. The fraction of sp³-hybridized carbons (Fsp3) is 0. The minimum Gasteiger partial charge on any atom is -0.144 e. The molecule has 0 spiro atoms. The molecule has 0 atom stereocenters. The maximum atomic E-state index is 3.91. The Kier molecular flexibility index (Phi) is 2.34. The third-order valence-corrected chi connectivity index (χ3v) is 3.96. The van der Waals surface area contributed by atoms with Crippen molar-refractivity contribution in [2.45, 2.75) is 0 Å². The first-order valence-corrected chi connectivity index (χ1v) is 6.41. The van der Waals surface area contributed by atoms with Gasteiger partial charge < -0.3 is 0 Å². The quantitative estimate of drug-likeness (QED) is 0.563.